The highest BCUT2D eigenvalue weighted by Gasteiger charge is 2.17. The Bertz CT molecular complexity index is 1090. The van der Waals surface area contributed by atoms with Crippen molar-refractivity contribution < 1.29 is 4.79 Å². The van der Waals surface area contributed by atoms with Gasteiger partial charge in [0.15, 0.2) is 5.78 Å². The summed E-state index contributed by atoms with van der Waals surface area (Å²) < 4.78 is 0. The number of ketones is 1. The molecule has 0 aliphatic carbocycles. The van der Waals surface area contributed by atoms with Gasteiger partial charge >= 0.3 is 0 Å². The average molecular weight is 415 g/mol. The standard InChI is InChI=1S/C31H26O/c32-31(29(21-25-13-5-1-6-14-25)22-26-15-7-2-8-16-26)30(23-27-17-9-3-10-18-27)24-28-19-11-4-12-20-28/h1-21,23H,22,24H2. The predicted octanol–water partition coefficient (Wildman–Crippen LogP) is 7.21. The summed E-state index contributed by atoms with van der Waals surface area (Å²) in [6.07, 6.45) is 5.24. The van der Waals surface area contributed by atoms with E-state index in [1.54, 1.807) is 0 Å². The van der Waals surface area contributed by atoms with Crippen molar-refractivity contribution in [1.29, 1.82) is 0 Å². The lowest BCUT2D eigenvalue weighted by molar-refractivity contribution is -0.112. The molecule has 0 saturated heterocycles. The number of hydrogen-bond acceptors (Lipinski definition) is 1. The van der Waals surface area contributed by atoms with Crippen LogP contribution in [0, 0.1) is 0 Å². The Kier molecular flexibility index (Phi) is 7.23. The average Bonchev–Trinajstić information content (AvgIpc) is 2.85. The number of benzene rings is 4. The van der Waals surface area contributed by atoms with Gasteiger partial charge in [-0.2, -0.15) is 0 Å². The van der Waals surface area contributed by atoms with Gasteiger partial charge in [0.25, 0.3) is 0 Å². The van der Waals surface area contributed by atoms with Gasteiger partial charge in [-0.05, 0) is 34.4 Å². The Labute approximate surface area is 190 Å². The van der Waals surface area contributed by atoms with E-state index in [-0.39, 0.29) is 5.78 Å². The predicted molar refractivity (Wildman–Crippen MR) is 134 cm³/mol. The van der Waals surface area contributed by atoms with Gasteiger partial charge in [0.05, 0.1) is 0 Å². The van der Waals surface area contributed by atoms with Gasteiger partial charge in [-0.3, -0.25) is 4.79 Å². The molecule has 0 saturated carbocycles. The lowest BCUT2D eigenvalue weighted by Gasteiger charge is -2.12. The van der Waals surface area contributed by atoms with Crippen LogP contribution in [0.25, 0.3) is 12.2 Å². The van der Waals surface area contributed by atoms with Crippen LogP contribution in [0.1, 0.15) is 22.3 Å². The molecule has 0 aromatic heterocycles. The first-order valence-corrected chi connectivity index (χ1v) is 10.9. The third-order valence-electron chi connectivity index (χ3n) is 5.34. The zero-order valence-corrected chi connectivity index (χ0v) is 18.0. The molecule has 4 aromatic rings. The molecular weight excluding hydrogens is 388 g/mol. The summed E-state index contributed by atoms with van der Waals surface area (Å²) in [6.45, 7) is 0. The van der Waals surface area contributed by atoms with E-state index in [1.165, 1.54) is 0 Å². The Morgan fingerprint density at radius 3 is 1.12 bits per heavy atom. The molecule has 0 unspecified atom stereocenters. The molecule has 4 aromatic carbocycles. The Balaban J connectivity index is 1.74. The molecule has 0 aliphatic heterocycles. The first-order chi connectivity index (χ1) is 15.8. The van der Waals surface area contributed by atoms with Crippen molar-refractivity contribution in [3.63, 3.8) is 0 Å². The largest absolute Gasteiger partial charge is 0.289 e. The second-order valence-electron chi connectivity index (χ2n) is 7.81. The normalized spacial score (nSPS) is 11.9. The van der Waals surface area contributed by atoms with Gasteiger partial charge < -0.3 is 0 Å². The van der Waals surface area contributed by atoms with Gasteiger partial charge in [0, 0.05) is 24.0 Å². The number of allylic oxidation sites excluding steroid dienone is 2. The van der Waals surface area contributed by atoms with Crippen LogP contribution in [0.2, 0.25) is 0 Å². The molecule has 156 valence electrons. The molecule has 0 amide bonds. The molecule has 0 bridgehead atoms. The fourth-order valence-corrected chi connectivity index (χ4v) is 3.73. The van der Waals surface area contributed by atoms with Crippen LogP contribution in [-0.2, 0) is 17.6 Å². The van der Waals surface area contributed by atoms with Gasteiger partial charge in [-0.25, -0.2) is 0 Å². The van der Waals surface area contributed by atoms with E-state index in [0.29, 0.717) is 12.8 Å². The second-order valence-corrected chi connectivity index (χ2v) is 7.81. The lowest BCUT2D eigenvalue weighted by Crippen LogP contribution is -2.11. The molecule has 4 rings (SSSR count). The molecule has 0 fully saturated rings. The van der Waals surface area contributed by atoms with E-state index in [1.807, 2.05) is 109 Å². The molecule has 32 heavy (non-hydrogen) atoms. The smallest absolute Gasteiger partial charge is 0.185 e. The Morgan fingerprint density at radius 1 is 0.469 bits per heavy atom. The summed E-state index contributed by atoms with van der Waals surface area (Å²) in [5.41, 5.74) is 5.90. The number of rotatable bonds is 8. The second kappa shape index (κ2) is 10.9. The van der Waals surface area contributed by atoms with E-state index in [9.17, 15) is 4.79 Å². The highest BCUT2D eigenvalue weighted by atomic mass is 16.1. The number of carbonyl (C=O) groups is 1. The van der Waals surface area contributed by atoms with Gasteiger partial charge in [-0.15, -0.1) is 0 Å². The summed E-state index contributed by atoms with van der Waals surface area (Å²) in [7, 11) is 0. The van der Waals surface area contributed by atoms with Crippen molar-refractivity contribution in [1.82, 2.24) is 0 Å². The minimum absolute atomic E-state index is 0.0883. The number of carbonyl (C=O) groups excluding carboxylic acids is 1. The summed E-state index contributed by atoms with van der Waals surface area (Å²) in [4.78, 5) is 13.9. The molecule has 1 heteroatoms. The van der Waals surface area contributed by atoms with E-state index in [2.05, 4.69) is 24.3 Å². The van der Waals surface area contributed by atoms with Crippen molar-refractivity contribution >= 4 is 17.9 Å². The van der Waals surface area contributed by atoms with Crippen molar-refractivity contribution in [3.8, 4) is 0 Å². The van der Waals surface area contributed by atoms with Crippen LogP contribution in [0.4, 0.5) is 0 Å². The molecule has 1 nitrogen and oxygen atoms in total. The van der Waals surface area contributed by atoms with Crippen molar-refractivity contribution in [3.05, 3.63) is 155 Å². The van der Waals surface area contributed by atoms with Crippen LogP contribution in [-0.4, -0.2) is 5.78 Å². The van der Waals surface area contributed by atoms with Gasteiger partial charge in [0.2, 0.25) is 0 Å². The van der Waals surface area contributed by atoms with Crippen molar-refractivity contribution in [2.75, 3.05) is 0 Å². The van der Waals surface area contributed by atoms with Crippen LogP contribution >= 0.6 is 0 Å². The molecule has 0 aliphatic rings. The molecular formula is C31H26O. The Morgan fingerprint density at radius 2 is 0.781 bits per heavy atom. The summed E-state index contributed by atoms with van der Waals surface area (Å²) >= 11 is 0. The molecule has 0 N–H and O–H groups in total. The van der Waals surface area contributed by atoms with Crippen molar-refractivity contribution in [2.45, 2.75) is 12.8 Å². The van der Waals surface area contributed by atoms with Crippen LogP contribution < -0.4 is 0 Å². The summed E-state index contributed by atoms with van der Waals surface area (Å²) in [5.74, 6) is 0.0883. The quantitative estimate of drug-likeness (QED) is 0.278. The zero-order valence-electron chi connectivity index (χ0n) is 18.0. The first-order valence-electron chi connectivity index (χ1n) is 10.9. The lowest BCUT2D eigenvalue weighted by atomic mass is 9.90. The first kappa shape index (κ1) is 21.3. The van der Waals surface area contributed by atoms with E-state index < -0.39 is 0 Å². The SMILES string of the molecule is O=C(C(=Cc1ccccc1)Cc1ccccc1)C(=Cc1ccccc1)Cc1ccccc1. The van der Waals surface area contributed by atoms with Gasteiger partial charge in [-0.1, -0.05) is 121 Å². The molecule has 0 spiro atoms. The van der Waals surface area contributed by atoms with Crippen molar-refractivity contribution in [2.24, 2.45) is 0 Å². The number of hydrogen-bond donors (Lipinski definition) is 0. The highest BCUT2D eigenvalue weighted by molar-refractivity contribution is 6.13. The molecule has 0 heterocycles. The van der Waals surface area contributed by atoms with E-state index >= 15 is 0 Å². The monoisotopic (exact) mass is 414 g/mol. The van der Waals surface area contributed by atoms with Crippen LogP contribution in [0.3, 0.4) is 0 Å². The minimum atomic E-state index is 0.0883. The summed E-state index contributed by atoms with van der Waals surface area (Å²) in [6, 6.07) is 40.5. The topological polar surface area (TPSA) is 17.1 Å². The zero-order chi connectivity index (χ0) is 22.0. The third-order valence-corrected chi connectivity index (χ3v) is 5.34. The Hall–Kier alpha value is -3.97. The maximum absolute atomic E-state index is 13.9. The fraction of sp³-hybridized carbons (Fsp3) is 0.0645. The van der Waals surface area contributed by atoms with Gasteiger partial charge in [0.1, 0.15) is 0 Å². The third kappa shape index (κ3) is 6.02. The van der Waals surface area contributed by atoms with E-state index in [4.69, 9.17) is 0 Å². The van der Waals surface area contributed by atoms with E-state index in [0.717, 1.165) is 33.4 Å². The summed E-state index contributed by atoms with van der Waals surface area (Å²) in [5, 5.41) is 0. The maximum atomic E-state index is 13.9. The maximum Gasteiger partial charge on any atom is 0.185 e. The van der Waals surface area contributed by atoms with Crippen LogP contribution in [0.15, 0.2) is 132 Å². The molecule has 0 radical (unpaired) electrons. The highest BCUT2D eigenvalue weighted by Crippen LogP contribution is 2.22. The number of Topliss-reactive ketones (excluding diaryl/α,β-unsaturated/α-hetero) is 1. The van der Waals surface area contributed by atoms with Crippen LogP contribution in [0.5, 0.6) is 0 Å². The fourth-order valence-electron chi connectivity index (χ4n) is 3.73. The molecule has 0 atom stereocenters. The minimum Gasteiger partial charge on any atom is -0.289 e.